The van der Waals surface area contributed by atoms with Crippen molar-refractivity contribution < 1.29 is 33.0 Å². The van der Waals surface area contributed by atoms with E-state index >= 15 is 0 Å². The molecule has 6 unspecified atom stereocenters. The highest BCUT2D eigenvalue weighted by Gasteiger charge is 2.55. The summed E-state index contributed by atoms with van der Waals surface area (Å²) in [6, 6.07) is 10.4. The summed E-state index contributed by atoms with van der Waals surface area (Å²) in [5.74, 6) is -0.511. The van der Waals surface area contributed by atoms with E-state index in [1.165, 1.54) is 26.1 Å². The summed E-state index contributed by atoms with van der Waals surface area (Å²) in [6.45, 7) is 5.66. The SMILES string of the molecule is CC(C)OC(=O)C(C)NP(=O)(OCC1OC(n2ccc(N)nc2=O)C(C)(C#N)C1O)Oc1ccccc1. The third-order valence-corrected chi connectivity index (χ3v) is 7.21. The molecule has 13 nitrogen and oxygen atoms in total. The second kappa shape index (κ2) is 11.4. The van der Waals surface area contributed by atoms with Crippen LogP contribution in [0.3, 0.4) is 0 Å². The highest BCUT2D eigenvalue weighted by molar-refractivity contribution is 7.52. The van der Waals surface area contributed by atoms with E-state index in [1.54, 1.807) is 44.2 Å². The first kappa shape index (κ1) is 28.3. The monoisotopic (exact) mass is 535 g/mol. The summed E-state index contributed by atoms with van der Waals surface area (Å²) in [4.78, 5) is 28.3. The number of nitriles is 1. The maximum Gasteiger partial charge on any atom is 0.459 e. The number of hydrogen-bond donors (Lipinski definition) is 3. The van der Waals surface area contributed by atoms with Crippen LogP contribution in [0.4, 0.5) is 5.82 Å². The molecule has 0 aliphatic carbocycles. The summed E-state index contributed by atoms with van der Waals surface area (Å²) in [5.41, 5.74) is 3.17. The molecule has 4 N–H and O–H groups in total. The van der Waals surface area contributed by atoms with Gasteiger partial charge in [-0.2, -0.15) is 15.3 Å². The molecule has 6 atom stereocenters. The molecule has 0 radical (unpaired) electrons. The molecule has 37 heavy (non-hydrogen) atoms. The van der Waals surface area contributed by atoms with E-state index in [0.717, 1.165) is 4.57 Å². The minimum Gasteiger partial charge on any atom is -0.462 e. The van der Waals surface area contributed by atoms with Crippen molar-refractivity contribution in [1.29, 1.82) is 5.26 Å². The number of nitrogens with one attached hydrogen (secondary N) is 1. The lowest BCUT2D eigenvalue weighted by Gasteiger charge is -2.26. The normalized spacial score (nSPS) is 25.7. The first-order valence-electron chi connectivity index (χ1n) is 11.5. The molecule has 1 aromatic carbocycles. The van der Waals surface area contributed by atoms with Gasteiger partial charge in [-0.3, -0.25) is 13.9 Å². The van der Waals surface area contributed by atoms with Gasteiger partial charge in [-0.25, -0.2) is 9.36 Å². The zero-order valence-electron chi connectivity index (χ0n) is 20.8. The van der Waals surface area contributed by atoms with Crippen LogP contribution in [-0.2, 0) is 23.4 Å². The molecule has 1 aromatic heterocycles. The zero-order valence-corrected chi connectivity index (χ0v) is 21.7. The standard InChI is InChI=1S/C23H30N5O8P/c1-14(2)34-20(30)15(3)27-37(32,36-16-8-6-5-7-9-16)33-12-17-19(29)23(4,13-24)21(35-17)28-11-10-18(25)26-22(28)31/h5-11,14-15,17,19,21,29H,12H2,1-4H3,(H,27,32)(H2,25,26,31). The second-order valence-electron chi connectivity index (χ2n) is 8.94. The zero-order chi connectivity index (χ0) is 27.4. The number of nitrogens with zero attached hydrogens (tertiary/aromatic N) is 3. The van der Waals surface area contributed by atoms with E-state index < -0.39 is 62.0 Å². The van der Waals surface area contributed by atoms with Gasteiger partial charge in [0.05, 0.1) is 18.8 Å². The van der Waals surface area contributed by atoms with Crippen molar-refractivity contribution in [2.45, 2.75) is 58.3 Å². The number of aliphatic hydroxyl groups excluding tert-OH is 1. The number of aliphatic hydroxyl groups is 1. The number of benzene rings is 1. The van der Waals surface area contributed by atoms with Gasteiger partial charge in [0.25, 0.3) is 0 Å². The summed E-state index contributed by atoms with van der Waals surface area (Å²) in [5, 5.41) is 23.3. The number of hydrogen-bond acceptors (Lipinski definition) is 11. The highest BCUT2D eigenvalue weighted by Crippen LogP contribution is 2.48. The van der Waals surface area contributed by atoms with E-state index in [0.29, 0.717) is 0 Å². The van der Waals surface area contributed by atoms with Crippen molar-refractivity contribution in [3.05, 3.63) is 53.1 Å². The van der Waals surface area contributed by atoms with Crippen LogP contribution in [0.15, 0.2) is 47.4 Å². The molecule has 2 aromatic rings. The molecular weight excluding hydrogens is 505 g/mol. The molecule has 0 amide bonds. The highest BCUT2D eigenvalue weighted by atomic mass is 31.2. The van der Waals surface area contributed by atoms with E-state index in [4.69, 9.17) is 24.3 Å². The second-order valence-corrected chi connectivity index (χ2v) is 10.6. The molecule has 14 heteroatoms. The van der Waals surface area contributed by atoms with Crippen LogP contribution >= 0.6 is 7.75 Å². The van der Waals surface area contributed by atoms with E-state index in [9.17, 15) is 24.5 Å². The number of rotatable bonds is 10. The van der Waals surface area contributed by atoms with Crippen LogP contribution in [0.1, 0.15) is 33.9 Å². The van der Waals surface area contributed by atoms with Crippen LogP contribution < -0.4 is 21.0 Å². The predicted octanol–water partition coefficient (Wildman–Crippen LogP) is 1.75. The summed E-state index contributed by atoms with van der Waals surface area (Å²) in [6.07, 6.45) is -3.01. The van der Waals surface area contributed by atoms with Crippen LogP contribution in [0.25, 0.3) is 0 Å². The largest absolute Gasteiger partial charge is 0.462 e. The van der Waals surface area contributed by atoms with Gasteiger partial charge in [-0.1, -0.05) is 18.2 Å². The fraction of sp³-hybridized carbons (Fsp3) is 0.478. The van der Waals surface area contributed by atoms with Gasteiger partial charge in [0.15, 0.2) is 6.23 Å². The lowest BCUT2D eigenvalue weighted by atomic mass is 9.84. The van der Waals surface area contributed by atoms with Crippen LogP contribution in [0.2, 0.25) is 0 Å². The summed E-state index contributed by atoms with van der Waals surface area (Å²) >= 11 is 0. The van der Waals surface area contributed by atoms with Gasteiger partial charge in [-0.15, -0.1) is 0 Å². The number of carbonyl (C=O) groups excluding carboxylic acids is 1. The fourth-order valence-corrected chi connectivity index (χ4v) is 5.13. The average molecular weight is 535 g/mol. The molecule has 0 spiro atoms. The first-order chi connectivity index (χ1) is 17.4. The molecule has 1 saturated heterocycles. The van der Waals surface area contributed by atoms with Crippen molar-refractivity contribution in [3.63, 3.8) is 0 Å². The Balaban J connectivity index is 1.83. The van der Waals surface area contributed by atoms with Crippen LogP contribution in [-0.4, -0.2) is 51.6 Å². The number of ether oxygens (including phenoxy) is 2. The van der Waals surface area contributed by atoms with Crippen molar-refractivity contribution in [1.82, 2.24) is 14.6 Å². The number of carbonyl (C=O) groups is 1. The molecule has 1 aliphatic heterocycles. The predicted molar refractivity (Wildman–Crippen MR) is 131 cm³/mol. The summed E-state index contributed by atoms with van der Waals surface area (Å²) < 4.78 is 36.8. The van der Waals surface area contributed by atoms with Crippen molar-refractivity contribution in [2.75, 3.05) is 12.3 Å². The van der Waals surface area contributed by atoms with Crippen molar-refractivity contribution >= 4 is 19.5 Å². The van der Waals surface area contributed by atoms with Gasteiger partial charge in [0.2, 0.25) is 0 Å². The molecule has 1 aliphatic rings. The Kier molecular flexibility index (Phi) is 8.73. The lowest BCUT2D eigenvalue weighted by molar-refractivity contribution is -0.149. The van der Waals surface area contributed by atoms with Gasteiger partial charge in [0, 0.05) is 6.20 Å². The smallest absolute Gasteiger partial charge is 0.459 e. The van der Waals surface area contributed by atoms with Gasteiger partial charge in [0.1, 0.15) is 35.2 Å². The summed E-state index contributed by atoms with van der Waals surface area (Å²) in [7, 11) is -4.25. The molecule has 3 rings (SSSR count). The molecule has 0 saturated carbocycles. The van der Waals surface area contributed by atoms with Gasteiger partial charge >= 0.3 is 19.4 Å². The quantitative estimate of drug-likeness (QED) is 0.296. The Bertz CT molecular complexity index is 1250. The van der Waals surface area contributed by atoms with E-state index in [-0.39, 0.29) is 11.6 Å². The topological polar surface area (TPSA) is 188 Å². The Morgan fingerprint density at radius 3 is 2.62 bits per heavy atom. The molecular formula is C23H30N5O8P. The minimum absolute atomic E-state index is 0.0199. The van der Waals surface area contributed by atoms with Crippen molar-refractivity contribution in [3.8, 4) is 11.8 Å². The Morgan fingerprint density at radius 1 is 1.35 bits per heavy atom. The number of anilines is 1. The lowest BCUT2D eigenvalue weighted by Crippen LogP contribution is -2.40. The number of esters is 1. The molecule has 200 valence electrons. The Labute approximate surface area is 213 Å². The minimum atomic E-state index is -4.25. The fourth-order valence-electron chi connectivity index (χ4n) is 3.63. The number of aromatic nitrogens is 2. The number of para-hydroxylation sites is 1. The van der Waals surface area contributed by atoms with E-state index in [2.05, 4.69) is 10.1 Å². The molecule has 0 bridgehead atoms. The van der Waals surface area contributed by atoms with Crippen molar-refractivity contribution in [2.24, 2.45) is 5.41 Å². The van der Waals surface area contributed by atoms with E-state index in [1.807, 2.05) is 6.07 Å². The Hall–Kier alpha value is -3.27. The van der Waals surface area contributed by atoms with Gasteiger partial charge in [-0.05, 0) is 45.9 Å². The Morgan fingerprint density at radius 2 is 2.03 bits per heavy atom. The maximum atomic E-state index is 13.7. The number of nitrogen functional groups attached to an aromatic ring is 1. The molecule has 1 fully saturated rings. The first-order valence-corrected chi connectivity index (χ1v) is 13.0. The van der Waals surface area contributed by atoms with Gasteiger partial charge < -0.3 is 24.8 Å². The molecule has 2 heterocycles. The number of nitrogens with two attached hydrogens (primary N) is 1. The third-order valence-electron chi connectivity index (χ3n) is 5.56. The maximum absolute atomic E-state index is 13.7. The third kappa shape index (κ3) is 6.54. The average Bonchev–Trinajstić information content (AvgIpc) is 3.08. The van der Waals surface area contributed by atoms with Crippen LogP contribution in [0.5, 0.6) is 5.75 Å². The van der Waals surface area contributed by atoms with Crippen LogP contribution in [0, 0.1) is 16.7 Å².